The maximum atomic E-state index is 12.4. The van der Waals surface area contributed by atoms with E-state index in [-0.39, 0.29) is 11.9 Å². The summed E-state index contributed by atoms with van der Waals surface area (Å²) in [5.41, 5.74) is 1.74. The van der Waals surface area contributed by atoms with Gasteiger partial charge in [0.2, 0.25) is 5.91 Å². The number of urea groups is 1. The number of carbonyl (C=O) groups excluding carboxylic acids is 2. The molecule has 1 saturated heterocycles. The molecule has 1 saturated carbocycles. The topological polar surface area (TPSA) is 40.6 Å². The van der Waals surface area contributed by atoms with Gasteiger partial charge in [-0.2, -0.15) is 0 Å². The molecule has 94 valence electrons. The third-order valence-electron chi connectivity index (χ3n) is 3.50. The van der Waals surface area contributed by atoms with Crippen LogP contribution in [-0.2, 0) is 4.79 Å². The third kappa shape index (κ3) is 1.88. The maximum Gasteiger partial charge on any atom is 0.331 e. The molecule has 1 aliphatic carbocycles. The van der Waals surface area contributed by atoms with Crippen LogP contribution in [0.1, 0.15) is 24.8 Å². The lowest BCUT2D eigenvalue weighted by molar-refractivity contribution is -0.119. The highest BCUT2D eigenvalue weighted by atomic mass is 16.2. The van der Waals surface area contributed by atoms with Crippen molar-refractivity contribution in [2.75, 3.05) is 11.4 Å². The van der Waals surface area contributed by atoms with Gasteiger partial charge in [-0.05, 0) is 37.5 Å². The fourth-order valence-corrected chi connectivity index (χ4v) is 2.41. The fraction of sp³-hybridized carbons (Fsp3) is 0.429. The molecular weight excluding hydrogens is 228 g/mol. The third-order valence-corrected chi connectivity index (χ3v) is 3.50. The Morgan fingerprint density at radius 1 is 1.22 bits per heavy atom. The Kier molecular flexibility index (Phi) is 2.58. The number of imide groups is 1. The van der Waals surface area contributed by atoms with Crippen LogP contribution >= 0.6 is 0 Å². The summed E-state index contributed by atoms with van der Waals surface area (Å²) < 4.78 is 0. The summed E-state index contributed by atoms with van der Waals surface area (Å²) >= 11 is 0. The molecule has 3 rings (SSSR count). The average molecular weight is 244 g/mol. The van der Waals surface area contributed by atoms with Crippen molar-refractivity contribution in [3.8, 4) is 0 Å². The number of carbonyl (C=O) groups is 2. The monoisotopic (exact) mass is 244 g/mol. The second-order valence-corrected chi connectivity index (χ2v) is 5.03. The molecule has 0 radical (unpaired) electrons. The number of benzene rings is 1. The number of anilines is 1. The Morgan fingerprint density at radius 2 is 2.00 bits per heavy atom. The maximum absolute atomic E-state index is 12.4. The molecule has 18 heavy (non-hydrogen) atoms. The van der Waals surface area contributed by atoms with Gasteiger partial charge < -0.3 is 4.90 Å². The predicted octanol–water partition coefficient (Wildman–Crippen LogP) is 2.32. The largest absolute Gasteiger partial charge is 0.331 e. The van der Waals surface area contributed by atoms with Crippen molar-refractivity contribution < 1.29 is 9.59 Å². The summed E-state index contributed by atoms with van der Waals surface area (Å²) in [6.07, 6.45) is 2.57. The lowest BCUT2D eigenvalue weighted by Gasteiger charge is -2.34. The molecular formula is C14H16N2O2. The summed E-state index contributed by atoms with van der Waals surface area (Å²) in [5.74, 6) is -0.0949. The number of nitrogens with zero attached hydrogens (tertiary/aromatic N) is 2. The van der Waals surface area contributed by atoms with E-state index < -0.39 is 0 Å². The lowest BCUT2D eigenvalue weighted by atomic mass is 10.2. The first kappa shape index (κ1) is 11.3. The fourth-order valence-electron chi connectivity index (χ4n) is 2.41. The zero-order valence-corrected chi connectivity index (χ0v) is 10.4. The molecule has 2 aliphatic rings. The lowest BCUT2D eigenvalue weighted by Crippen LogP contribution is -2.53. The summed E-state index contributed by atoms with van der Waals surface area (Å²) in [5, 5.41) is 0. The van der Waals surface area contributed by atoms with Crippen molar-refractivity contribution in [3.05, 3.63) is 29.8 Å². The van der Waals surface area contributed by atoms with Gasteiger partial charge in [-0.3, -0.25) is 4.79 Å². The van der Waals surface area contributed by atoms with Crippen LogP contribution in [0.15, 0.2) is 24.3 Å². The zero-order valence-electron chi connectivity index (χ0n) is 10.4. The van der Waals surface area contributed by atoms with Crippen molar-refractivity contribution in [1.82, 2.24) is 4.90 Å². The van der Waals surface area contributed by atoms with Gasteiger partial charge in [0.1, 0.15) is 0 Å². The van der Waals surface area contributed by atoms with Gasteiger partial charge in [0.15, 0.2) is 0 Å². The molecule has 1 aliphatic heterocycles. The minimum atomic E-state index is -0.153. The van der Waals surface area contributed by atoms with E-state index >= 15 is 0 Å². The zero-order chi connectivity index (χ0) is 12.7. The van der Waals surface area contributed by atoms with Gasteiger partial charge in [0.25, 0.3) is 0 Å². The molecule has 0 bridgehead atoms. The number of hydrogen-bond acceptors (Lipinski definition) is 2. The van der Waals surface area contributed by atoms with Crippen LogP contribution in [0.2, 0.25) is 0 Å². The van der Waals surface area contributed by atoms with E-state index in [1.165, 1.54) is 4.90 Å². The molecule has 0 aromatic heterocycles. The Bertz CT molecular complexity index is 508. The highest BCUT2D eigenvalue weighted by Gasteiger charge is 2.40. The molecule has 4 heteroatoms. The summed E-state index contributed by atoms with van der Waals surface area (Å²) in [4.78, 5) is 27.5. The molecule has 0 atom stereocenters. The Morgan fingerprint density at radius 3 is 2.67 bits per heavy atom. The number of rotatable bonds is 2. The average Bonchev–Trinajstić information content (AvgIpc) is 3.13. The number of aryl methyl sites for hydroxylation is 1. The van der Waals surface area contributed by atoms with E-state index in [9.17, 15) is 9.59 Å². The van der Waals surface area contributed by atoms with Gasteiger partial charge in [0, 0.05) is 19.0 Å². The highest BCUT2D eigenvalue weighted by Crippen LogP contribution is 2.31. The van der Waals surface area contributed by atoms with Crippen LogP contribution < -0.4 is 4.90 Å². The van der Waals surface area contributed by atoms with Crippen LogP contribution in [0.25, 0.3) is 0 Å². The van der Waals surface area contributed by atoms with Crippen molar-refractivity contribution in [1.29, 1.82) is 0 Å². The van der Waals surface area contributed by atoms with Crippen LogP contribution in [0, 0.1) is 6.92 Å². The predicted molar refractivity (Wildman–Crippen MR) is 68.4 cm³/mol. The van der Waals surface area contributed by atoms with E-state index in [0.29, 0.717) is 24.7 Å². The normalized spacial score (nSPS) is 20.5. The van der Waals surface area contributed by atoms with Gasteiger partial charge in [0.05, 0.1) is 5.69 Å². The van der Waals surface area contributed by atoms with Gasteiger partial charge >= 0.3 is 6.03 Å². The van der Waals surface area contributed by atoms with Crippen LogP contribution in [0.3, 0.4) is 0 Å². The Labute approximate surface area is 106 Å². The Balaban J connectivity index is 1.92. The molecule has 0 spiro atoms. The van der Waals surface area contributed by atoms with Gasteiger partial charge in [-0.15, -0.1) is 0 Å². The molecule has 0 N–H and O–H groups in total. The van der Waals surface area contributed by atoms with Crippen molar-refractivity contribution in [3.63, 3.8) is 0 Å². The SMILES string of the molecule is Cc1cccc(N2C(=O)CCN(C3CC3)C2=O)c1. The molecule has 1 aromatic rings. The minimum Gasteiger partial charge on any atom is -0.320 e. The van der Waals surface area contributed by atoms with E-state index in [1.807, 2.05) is 36.1 Å². The quantitative estimate of drug-likeness (QED) is 0.801. The molecule has 4 nitrogen and oxygen atoms in total. The summed E-state index contributed by atoms with van der Waals surface area (Å²) in [6, 6.07) is 7.74. The summed E-state index contributed by atoms with van der Waals surface area (Å²) in [7, 11) is 0. The first-order valence-corrected chi connectivity index (χ1v) is 6.37. The first-order valence-electron chi connectivity index (χ1n) is 6.37. The van der Waals surface area contributed by atoms with E-state index in [1.54, 1.807) is 0 Å². The highest BCUT2D eigenvalue weighted by molar-refractivity contribution is 6.15. The standard InChI is InChI=1S/C14H16N2O2/c1-10-3-2-4-12(9-10)16-13(17)7-8-15(14(16)18)11-5-6-11/h2-4,9,11H,5-8H2,1H3. The van der Waals surface area contributed by atoms with Crippen LogP contribution in [0.5, 0.6) is 0 Å². The van der Waals surface area contributed by atoms with Gasteiger partial charge in [-0.25, -0.2) is 9.69 Å². The van der Waals surface area contributed by atoms with Crippen molar-refractivity contribution >= 4 is 17.6 Å². The smallest absolute Gasteiger partial charge is 0.320 e. The summed E-state index contributed by atoms with van der Waals surface area (Å²) in [6.45, 7) is 2.53. The van der Waals surface area contributed by atoms with Gasteiger partial charge in [-0.1, -0.05) is 12.1 Å². The number of amides is 3. The van der Waals surface area contributed by atoms with Crippen LogP contribution in [-0.4, -0.2) is 29.4 Å². The van der Waals surface area contributed by atoms with Crippen molar-refractivity contribution in [2.24, 2.45) is 0 Å². The molecule has 1 heterocycles. The van der Waals surface area contributed by atoms with Crippen LogP contribution in [0.4, 0.5) is 10.5 Å². The molecule has 0 unspecified atom stereocenters. The minimum absolute atomic E-state index is 0.0949. The second-order valence-electron chi connectivity index (χ2n) is 5.03. The second kappa shape index (κ2) is 4.12. The van der Waals surface area contributed by atoms with E-state index in [0.717, 1.165) is 18.4 Å². The van der Waals surface area contributed by atoms with E-state index in [2.05, 4.69) is 0 Å². The van der Waals surface area contributed by atoms with Crippen molar-refractivity contribution in [2.45, 2.75) is 32.2 Å². The van der Waals surface area contributed by atoms with E-state index in [4.69, 9.17) is 0 Å². The molecule has 1 aromatic carbocycles. The number of hydrogen-bond donors (Lipinski definition) is 0. The Hall–Kier alpha value is -1.84. The molecule has 3 amide bonds. The molecule has 2 fully saturated rings. The first-order chi connectivity index (χ1) is 8.66.